The van der Waals surface area contributed by atoms with Crippen molar-refractivity contribution in [2.45, 2.75) is 38.7 Å². The number of ether oxygens (including phenoxy) is 1. The highest BCUT2D eigenvalue weighted by Gasteiger charge is 2.16. The highest BCUT2D eigenvalue weighted by atomic mass is 32.2. The number of nitrogens with one attached hydrogen (secondary N) is 1. The SMILES string of the molecule is CCC(=O)Nc1cc(S(=O)(=O)CC)ccc1OCc1cc(=O)n2oc(C)cc2n1. The third-order valence-electron chi connectivity index (χ3n) is 4.19. The summed E-state index contributed by atoms with van der Waals surface area (Å²) in [6.07, 6.45) is 0.221. The Morgan fingerprint density at radius 1 is 1.24 bits per heavy atom. The fourth-order valence-electron chi connectivity index (χ4n) is 2.63. The van der Waals surface area contributed by atoms with E-state index in [9.17, 15) is 18.0 Å². The quantitative estimate of drug-likeness (QED) is 0.624. The van der Waals surface area contributed by atoms with Gasteiger partial charge < -0.3 is 14.6 Å². The molecule has 0 spiro atoms. The van der Waals surface area contributed by atoms with E-state index in [4.69, 9.17) is 9.26 Å². The number of amides is 1. The van der Waals surface area contributed by atoms with Gasteiger partial charge in [-0.15, -0.1) is 4.57 Å². The summed E-state index contributed by atoms with van der Waals surface area (Å²) in [6.45, 7) is 4.88. The molecule has 1 aromatic carbocycles. The molecule has 154 valence electrons. The van der Waals surface area contributed by atoms with Gasteiger partial charge >= 0.3 is 0 Å². The molecule has 0 aliphatic carbocycles. The Morgan fingerprint density at radius 3 is 2.69 bits per heavy atom. The van der Waals surface area contributed by atoms with Crippen LogP contribution in [0, 0.1) is 6.92 Å². The Bertz CT molecular complexity index is 1230. The van der Waals surface area contributed by atoms with Crippen molar-refractivity contribution in [3.63, 3.8) is 0 Å². The number of rotatable bonds is 7. The fraction of sp³-hybridized carbons (Fsp3) is 0.316. The maximum atomic E-state index is 12.2. The van der Waals surface area contributed by atoms with Crippen molar-refractivity contribution in [2.75, 3.05) is 11.1 Å². The molecule has 0 saturated carbocycles. The molecular weight excluding hydrogens is 398 g/mol. The first-order valence-corrected chi connectivity index (χ1v) is 10.7. The van der Waals surface area contributed by atoms with E-state index in [1.807, 2.05) is 0 Å². The van der Waals surface area contributed by atoms with Crippen LogP contribution in [0.15, 0.2) is 44.5 Å². The smallest absolute Gasteiger partial charge is 0.287 e. The van der Waals surface area contributed by atoms with Crippen molar-refractivity contribution in [3.05, 3.63) is 52.1 Å². The summed E-state index contributed by atoms with van der Waals surface area (Å²) in [4.78, 5) is 28.4. The normalized spacial score (nSPS) is 11.6. The molecule has 2 heterocycles. The van der Waals surface area contributed by atoms with Gasteiger partial charge in [-0.1, -0.05) is 13.8 Å². The van der Waals surface area contributed by atoms with Gasteiger partial charge in [0.25, 0.3) is 5.56 Å². The zero-order valence-electron chi connectivity index (χ0n) is 16.3. The van der Waals surface area contributed by atoms with Crippen molar-refractivity contribution >= 4 is 27.1 Å². The summed E-state index contributed by atoms with van der Waals surface area (Å²) in [5.41, 5.74) is 0.584. The molecule has 0 radical (unpaired) electrons. The number of hydrogen-bond acceptors (Lipinski definition) is 7. The number of aryl methyl sites for hydroxylation is 1. The van der Waals surface area contributed by atoms with E-state index in [1.165, 1.54) is 24.3 Å². The second-order valence-corrected chi connectivity index (χ2v) is 8.61. The molecule has 3 aromatic rings. The number of aromatic nitrogens is 2. The second-order valence-electron chi connectivity index (χ2n) is 6.34. The van der Waals surface area contributed by atoms with Crippen LogP contribution >= 0.6 is 0 Å². The predicted octanol–water partition coefficient (Wildman–Crippen LogP) is 2.32. The first-order valence-electron chi connectivity index (χ1n) is 9.02. The lowest BCUT2D eigenvalue weighted by Crippen LogP contribution is -2.15. The van der Waals surface area contributed by atoms with Crippen molar-refractivity contribution < 1.29 is 22.5 Å². The second kappa shape index (κ2) is 8.08. The summed E-state index contributed by atoms with van der Waals surface area (Å²) in [5, 5.41) is 2.65. The van der Waals surface area contributed by atoms with E-state index < -0.39 is 9.84 Å². The van der Waals surface area contributed by atoms with E-state index in [0.717, 1.165) is 4.57 Å². The number of carbonyl (C=O) groups is 1. The third kappa shape index (κ3) is 4.48. The van der Waals surface area contributed by atoms with Crippen LogP contribution in [0.5, 0.6) is 5.75 Å². The van der Waals surface area contributed by atoms with Crippen LogP contribution in [0.3, 0.4) is 0 Å². The van der Waals surface area contributed by atoms with Crippen LogP contribution < -0.4 is 15.6 Å². The van der Waals surface area contributed by atoms with E-state index in [2.05, 4.69) is 10.3 Å². The molecule has 29 heavy (non-hydrogen) atoms. The molecule has 0 aliphatic heterocycles. The monoisotopic (exact) mass is 419 g/mol. The molecule has 0 unspecified atom stereocenters. The average molecular weight is 419 g/mol. The number of hydrogen-bond donors (Lipinski definition) is 1. The Morgan fingerprint density at radius 2 is 2.00 bits per heavy atom. The van der Waals surface area contributed by atoms with Crippen molar-refractivity contribution in [2.24, 2.45) is 0 Å². The standard InChI is InChI=1S/C19H21N3O6S/c1-4-18(23)21-15-10-14(29(25,26)5-2)6-7-16(15)27-11-13-9-19(24)22-17(20-13)8-12(3)28-22/h6-10H,4-5,11H2,1-3H3,(H,21,23). The molecule has 0 aliphatic rings. The largest absolute Gasteiger partial charge is 0.485 e. The molecular formula is C19H21N3O6S. The first-order chi connectivity index (χ1) is 13.7. The summed E-state index contributed by atoms with van der Waals surface area (Å²) < 4.78 is 36.4. The van der Waals surface area contributed by atoms with Gasteiger partial charge in [-0.2, -0.15) is 0 Å². The number of nitrogens with zero attached hydrogens (tertiary/aromatic N) is 2. The van der Waals surface area contributed by atoms with Crippen LogP contribution in [0.4, 0.5) is 5.69 Å². The number of benzene rings is 1. The molecule has 0 saturated heterocycles. The van der Waals surface area contributed by atoms with E-state index >= 15 is 0 Å². The maximum absolute atomic E-state index is 12.2. The molecule has 0 bridgehead atoms. The maximum Gasteiger partial charge on any atom is 0.287 e. The first kappa shape index (κ1) is 20.6. The fourth-order valence-corrected chi connectivity index (χ4v) is 3.54. The third-order valence-corrected chi connectivity index (χ3v) is 5.92. The Kier molecular flexibility index (Phi) is 5.73. The van der Waals surface area contributed by atoms with Gasteiger partial charge in [0.05, 0.1) is 22.0 Å². The highest BCUT2D eigenvalue weighted by Crippen LogP contribution is 2.29. The van der Waals surface area contributed by atoms with E-state index in [-0.39, 0.29) is 46.6 Å². The number of sulfone groups is 1. The zero-order chi connectivity index (χ0) is 21.2. The van der Waals surface area contributed by atoms with Gasteiger partial charge in [0.1, 0.15) is 18.1 Å². The van der Waals surface area contributed by atoms with Crippen LogP contribution in [0.25, 0.3) is 5.65 Å². The molecule has 1 N–H and O–H groups in total. The van der Waals surface area contributed by atoms with Gasteiger partial charge in [0.2, 0.25) is 5.91 Å². The summed E-state index contributed by atoms with van der Waals surface area (Å²) in [7, 11) is -3.45. The average Bonchev–Trinajstić information content (AvgIpc) is 3.07. The van der Waals surface area contributed by atoms with Gasteiger partial charge in [-0.05, 0) is 25.1 Å². The van der Waals surface area contributed by atoms with Crippen molar-refractivity contribution in [1.29, 1.82) is 0 Å². The van der Waals surface area contributed by atoms with Gasteiger partial charge in [-0.3, -0.25) is 9.59 Å². The molecule has 1 amide bonds. The minimum absolute atomic E-state index is 0.0508. The van der Waals surface area contributed by atoms with Crippen molar-refractivity contribution in [3.8, 4) is 5.75 Å². The molecule has 10 heteroatoms. The summed E-state index contributed by atoms with van der Waals surface area (Å²) >= 11 is 0. The van der Waals surface area contributed by atoms with Crippen LogP contribution in [0.2, 0.25) is 0 Å². The Hall–Kier alpha value is -3.14. The van der Waals surface area contributed by atoms with Gasteiger partial charge in [0.15, 0.2) is 15.5 Å². The highest BCUT2D eigenvalue weighted by molar-refractivity contribution is 7.91. The topological polar surface area (TPSA) is 120 Å². The lowest BCUT2D eigenvalue weighted by molar-refractivity contribution is -0.115. The van der Waals surface area contributed by atoms with Gasteiger partial charge in [-0.25, -0.2) is 13.4 Å². The lowest BCUT2D eigenvalue weighted by Gasteiger charge is -2.14. The lowest BCUT2D eigenvalue weighted by atomic mass is 10.2. The van der Waals surface area contributed by atoms with Crippen LogP contribution in [0.1, 0.15) is 31.7 Å². The molecule has 0 atom stereocenters. The number of fused-ring (bicyclic) bond motifs is 1. The molecule has 0 fully saturated rings. The van der Waals surface area contributed by atoms with Crippen molar-refractivity contribution in [1.82, 2.24) is 9.56 Å². The Balaban J connectivity index is 1.91. The minimum Gasteiger partial charge on any atom is -0.485 e. The molecule has 3 rings (SSSR count). The number of anilines is 1. The van der Waals surface area contributed by atoms with E-state index in [1.54, 1.807) is 26.8 Å². The van der Waals surface area contributed by atoms with Crippen LogP contribution in [-0.4, -0.2) is 29.6 Å². The predicted molar refractivity (Wildman–Crippen MR) is 106 cm³/mol. The zero-order valence-corrected chi connectivity index (χ0v) is 17.1. The molecule has 9 nitrogen and oxygen atoms in total. The van der Waals surface area contributed by atoms with Crippen LogP contribution in [-0.2, 0) is 21.2 Å². The summed E-state index contributed by atoms with van der Waals surface area (Å²) in [5.74, 6) is 0.469. The summed E-state index contributed by atoms with van der Waals surface area (Å²) in [6, 6.07) is 7.17. The minimum atomic E-state index is -3.45. The Labute approximate surface area is 167 Å². The molecule has 2 aromatic heterocycles. The number of carbonyl (C=O) groups excluding carboxylic acids is 1. The van der Waals surface area contributed by atoms with E-state index in [0.29, 0.717) is 17.1 Å². The van der Waals surface area contributed by atoms with Gasteiger partial charge in [0, 0.05) is 18.6 Å².